The summed E-state index contributed by atoms with van der Waals surface area (Å²) in [5, 5.41) is 26.7. The van der Waals surface area contributed by atoms with Crippen LogP contribution in [0.25, 0.3) is 0 Å². The van der Waals surface area contributed by atoms with Crippen molar-refractivity contribution in [3.8, 4) is 0 Å². The van der Waals surface area contributed by atoms with Gasteiger partial charge in [-0.15, -0.1) is 0 Å². The Labute approximate surface area is 162 Å². The Balaban J connectivity index is 2.14. The van der Waals surface area contributed by atoms with E-state index < -0.39 is 22.9 Å². The number of Topliss-reactive ketones (excluding diaryl/α,β-unsaturated/α-hetero) is 1. The first-order valence-corrected chi connectivity index (χ1v) is 8.85. The van der Waals surface area contributed by atoms with E-state index in [9.17, 15) is 20.0 Å². The average Bonchev–Trinajstić information content (AvgIpc) is 2.97. The first-order chi connectivity index (χ1) is 13.3. The third-order valence-electron chi connectivity index (χ3n) is 4.78. The highest BCUT2D eigenvalue weighted by Gasteiger charge is 2.34. The maximum absolute atomic E-state index is 12.9. The number of aliphatic hydroxyl groups is 1. The Morgan fingerprint density at radius 2 is 1.68 bits per heavy atom. The number of ketones is 1. The molecule has 0 fully saturated rings. The van der Waals surface area contributed by atoms with Gasteiger partial charge >= 0.3 is 5.69 Å². The molecule has 0 unspecified atom stereocenters. The molecule has 0 aliphatic heterocycles. The average molecular weight is 379 g/mol. The number of hydrogen-bond donors (Lipinski definition) is 1. The van der Waals surface area contributed by atoms with Crippen molar-refractivity contribution in [1.82, 2.24) is 9.78 Å². The largest absolute Gasteiger partial charge is 0.382 e. The molecule has 1 N–H and O–H groups in total. The second kappa shape index (κ2) is 7.74. The van der Waals surface area contributed by atoms with Crippen molar-refractivity contribution in [2.75, 3.05) is 0 Å². The Morgan fingerprint density at radius 1 is 1.07 bits per heavy atom. The van der Waals surface area contributed by atoms with Gasteiger partial charge in [0.25, 0.3) is 0 Å². The molecular formula is C21H21N3O4. The minimum atomic E-state index is -1.46. The maximum Gasteiger partial charge on any atom is 0.312 e. The van der Waals surface area contributed by atoms with Crippen molar-refractivity contribution >= 4 is 11.5 Å². The molecule has 7 heteroatoms. The van der Waals surface area contributed by atoms with Crippen LogP contribution in [0.3, 0.4) is 0 Å². The van der Waals surface area contributed by atoms with Crippen LogP contribution in [-0.2, 0) is 0 Å². The van der Waals surface area contributed by atoms with E-state index in [1.54, 1.807) is 56.3 Å². The molecule has 0 aliphatic carbocycles. The van der Waals surface area contributed by atoms with Crippen molar-refractivity contribution in [3.05, 3.63) is 92.8 Å². The van der Waals surface area contributed by atoms with Crippen LogP contribution in [0, 0.1) is 30.9 Å². The molecule has 7 nitrogen and oxygen atoms in total. The molecular weight excluding hydrogens is 358 g/mol. The Hall–Kier alpha value is -3.32. The number of aliphatic hydroxyl groups excluding tert-OH is 1. The number of carbonyl (C=O) groups is 1. The smallest absolute Gasteiger partial charge is 0.312 e. The van der Waals surface area contributed by atoms with Gasteiger partial charge in [-0.3, -0.25) is 19.6 Å². The fourth-order valence-corrected chi connectivity index (χ4v) is 3.33. The van der Waals surface area contributed by atoms with Gasteiger partial charge < -0.3 is 5.11 Å². The molecule has 0 radical (unpaired) electrons. The van der Waals surface area contributed by atoms with E-state index in [1.807, 2.05) is 19.1 Å². The predicted molar refractivity (Wildman–Crippen MR) is 104 cm³/mol. The van der Waals surface area contributed by atoms with E-state index >= 15 is 0 Å². The molecule has 0 amide bonds. The second-order valence-corrected chi connectivity index (χ2v) is 6.75. The Morgan fingerprint density at radius 3 is 2.21 bits per heavy atom. The van der Waals surface area contributed by atoms with Crippen LogP contribution in [0.4, 0.5) is 5.69 Å². The fraction of sp³-hybridized carbons (Fsp3) is 0.238. The molecule has 3 rings (SSSR count). The van der Waals surface area contributed by atoms with Gasteiger partial charge in [0.2, 0.25) is 0 Å². The highest BCUT2D eigenvalue weighted by Crippen LogP contribution is 2.31. The first-order valence-electron chi connectivity index (χ1n) is 8.85. The molecule has 28 heavy (non-hydrogen) atoms. The van der Waals surface area contributed by atoms with Crippen LogP contribution in [0.2, 0.25) is 0 Å². The standard InChI is InChI=1S/C21H21N3O4/c1-13-9-11-16(12-10-13)19(21(26)20(25)17-7-5-4-6-8-17)23-15(3)18(24(27)28)14(2)22-23/h4-12,19,21,26H,1-3H3/t19-,21-/m0/s1. The van der Waals surface area contributed by atoms with Gasteiger partial charge in [0.05, 0.1) is 4.92 Å². The van der Waals surface area contributed by atoms with Crippen LogP contribution in [0.15, 0.2) is 54.6 Å². The molecule has 0 spiro atoms. The van der Waals surface area contributed by atoms with Crippen molar-refractivity contribution < 1.29 is 14.8 Å². The lowest BCUT2D eigenvalue weighted by molar-refractivity contribution is -0.386. The topological polar surface area (TPSA) is 98.3 Å². The summed E-state index contributed by atoms with van der Waals surface area (Å²) in [7, 11) is 0. The minimum Gasteiger partial charge on any atom is -0.382 e. The quantitative estimate of drug-likeness (QED) is 0.401. The number of nitro groups is 1. The van der Waals surface area contributed by atoms with Gasteiger partial charge in [-0.05, 0) is 26.3 Å². The lowest BCUT2D eigenvalue weighted by Crippen LogP contribution is -2.34. The van der Waals surface area contributed by atoms with Gasteiger partial charge in [0.15, 0.2) is 5.78 Å². The lowest BCUT2D eigenvalue weighted by Gasteiger charge is -2.24. The zero-order valence-corrected chi connectivity index (χ0v) is 15.9. The number of hydrogen-bond acceptors (Lipinski definition) is 5. The second-order valence-electron chi connectivity index (χ2n) is 6.75. The number of carbonyl (C=O) groups excluding carboxylic acids is 1. The number of benzene rings is 2. The van der Waals surface area contributed by atoms with Gasteiger partial charge in [0, 0.05) is 5.56 Å². The molecule has 2 atom stereocenters. The third kappa shape index (κ3) is 3.57. The highest BCUT2D eigenvalue weighted by molar-refractivity contribution is 5.99. The van der Waals surface area contributed by atoms with E-state index in [2.05, 4.69) is 5.10 Å². The molecule has 0 aliphatic rings. The molecule has 1 heterocycles. The number of aryl methyl sites for hydroxylation is 2. The van der Waals surface area contributed by atoms with Crippen molar-refractivity contribution in [1.29, 1.82) is 0 Å². The fourth-order valence-electron chi connectivity index (χ4n) is 3.33. The summed E-state index contributed by atoms with van der Waals surface area (Å²) in [6.07, 6.45) is -1.46. The number of nitrogens with zero attached hydrogens (tertiary/aromatic N) is 3. The molecule has 0 bridgehead atoms. The van der Waals surface area contributed by atoms with E-state index in [1.165, 1.54) is 4.68 Å². The van der Waals surface area contributed by atoms with Crippen molar-refractivity contribution in [3.63, 3.8) is 0 Å². The monoisotopic (exact) mass is 379 g/mol. The van der Waals surface area contributed by atoms with E-state index in [4.69, 9.17) is 0 Å². The minimum absolute atomic E-state index is 0.114. The SMILES string of the molecule is Cc1ccc([C@@H]([C@H](O)C(=O)c2ccccc2)n2nc(C)c([N+](=O)[O-])c2C)cc1. The number of aromatic nitrogens is 2. The van der Waals surface area contributed by atoms with Gasteiger partial charge in [-0.2, -0.15) is 5.10 Å². The normalized spacial score (nSPS) is 13.1. The van der Waals surface area contributed by atoms with Gasteiger partial charge in [-0.25, -0.2) is 0 Å². The summed E-state index contributed by atoms with van der Waals surface area (Å²) < 4.78 is 1.38. The summed E-state index contributed by atoms with van der Waals surface area (Å²) in [4.78, 5) is 23.8. The molecule has 0 saturated heterocycles. The zero-order chi connectivity index (χ0) is 20.4. The first kappa shape index (κ1) is 19.4. The lowest BCUT2D eigenvalue weighted by atomic mass is 9.94. The summed E-state index contributed by atoms with van der Waals surface area (Å²) in [6, 6.07) is 14.9. The summed E-state index contributed by atoms with van der Waals surface area (Å²) in [5.74, 6) is -0.471. The molecule has 2 aromatic carbocycles. The molecule has 3 aromatic rings. The van der Waals surface area contributed by atoms with Gasteiger partial charge in [-0.1, -0.05) is 60.2 Å². The molecule has 1 aromatic heterocycles. The van der Waals surface area contributed by atoms with Crippen LogP contribution in [-0.4, -0.2) is 31.7 Å². The van der Waals surface area contributed by atoms with Crippen LogP contribution in [0.1, 0.15) is 38.9 Å². The number of rotatable bonds is 6. The predicted octanol–water partition coefficient (Wildman–Crippen LogP) is 3.55. The summed E-state index contributed by atoms with van der Waals surface area (Å²) in [6.45, 7) is 5.04. The zero-order valence-electron chi connectivity index (χ0n) is 15.9. The highest BCUT2D eigenvalue weighted by atomic mass is 16.6. The van der Waals surface area contributed by atoms with Gasteiger partial charge in [0.1, 0.15) is 23.5 Å². The van der Waals surface area contributed by atoms with Crippen LogP contribution >= 0.6 is 0 Å². The summed E-state index contributed by atoms with van der Waals surface area (Å²) in [5.41, 5.74) is 2.43. The van der Waals surface area contributed by atoms with Crippen LogP contribution < -0.4 is 0 Å². The third-order valence-corrected chi connectivity index (χ3v) is 4.78. The molecule has 144 valence electrons. The van der Waals surface area contributed by atoms with Crippen LogP contribution in [0.5, 0.6) is 0 Å². The van der Waals surface area contributed by atoms with E-state index in [0.29, 0.717) is 11.1 Å². The van der Waals surface area contributed by atoms with Crippen molar-refractivity contribution in [2.45, 2.75) is 32.9 Å². The maximum atomic E-state index is 12.9. The Bertz CT molecular complexity index is 1010. The molecule has 0 saturated carbocycles. The van der Waals surface area contributed by atoms with E-state index in [0.717, 1.165) is 5.56 Å². The summed E-state index contributed by atoms with van der Waals surface area (Å²) >= 11 is 0. The Kier molecular flexibility index (Phi) is 5.37. The van der Waals surface area contributed by atoms with E-state index in [-0.39, 0.29) is 17.1 Å². The van der Waals surface area contributed by atoms with Crippen molar-refractivity contribution in [2.24, 2.45) is 0 Å².